The first-order chi connectivity index (χ1) is 11.7. The van der Waals surface area contributed by atoms with Crippen molar-refractivity contribution in [3.05, 3.63) is 47.3 Å². The molecule has 3 rings (SSSR count). The molecule has 0 saturated carbocycles. The summed E-state index contributed by atoms with van der Waals surface area (Å²) in [6.07, 6.45) is 3.07. The second-order valence-corrected chi connectivity index (χ2v) is 6.14. The lowest BCUT2D eigenvalue weighted by atomic mass is 10.0. The van der Waals surface area contributed by atoms with Gasteiger partial charge in [-0.1, -0.05) is 23.8 Å². The Balaban J connectivity index is 1.72. The van der Waals surface area contributed by atoms with Crippen molar-refractivity contribution < 1.29 is 13.9 Å². The fourth-order valence-corrected chi connectivity index (χ4v) is 3.17. The second kappa shape index (κ2) is 8.37. The van der Waals surface area contributed by atoms with E-state index in [0.717, 1.165) is 19.5 Å². The maximum Gasteiger partial charge on any atom is 0.242 e. The molecule has 2 aliphatic rings. The lowest BCUT2D eigenvalue weighted by Crippen LogP contribution is -2.46. The molecule has 0 bridgehead atoms. The van der Waals surface area contributed by atoms with Crippen LogP contribution in [0.4, 0.5) is 4.39 Å². The predicted molar refractivity (Wildman–Crippen MR) is 90.1 cm³/mol. The molecule has 1 atom stereocenters. The zero-order valence-electron chi connectivity index (χ0n) is 13.8. The average molecular weight is 333 g/mol. The molecule has 0 spiro atoms. The van der Waals surface area contributed by atoms with E-state index in [2.05, 4.69) is 21.6 Å². The molecule has 1 saturated heterocycles. The Bertz CT molecular complexity index is 600. The summed E-state index contributed by atoms with van der Waals surface area (Å²) in [5.74, 6) is -0.401. The Hall–Kier alpha value is -1.76. The molecule has 2 aliphatic heterocycles. The van der Waals surface area contributed by atoms with Crippen LogP contribution in [-0.2, 0) is 9.53 Å². The molecule has 0 radical (unpaired) electrons. The van der Waals surface area contributed by atoms with E-state index >= 15 is 0 Å². The third-order valence-electron chi connectivity index (χ3n) is 4.47. The minimum absolute atomic E-state index is 0.0815. The van der Waals surface area contributed by atoms with Gasteiger partial charge in [-0.15, -0.1) is 0 Å². The number of carbonyl (C=O) groups excluding carboxylic acids is 1. The number of halogens is 1. The van der Waals surface area contributed by atoms with Gasteiger partial charge in [-0.05, 0) is 30.7 Å². The van der Waals surface area contributed by atoms with Crippen LogP contribution in [0.1, 0.15) is 18.0 Å². The number of hydrogen-bond donors (Lipinski definition) is 2. The Morgan fingerprint density at radius 1 is 1.38 bits per heavy atom. The Morgan fingerprint density at radius 2 is 2.21 bits per heavy atom. The van der Waals surface area contributed by atoms with Gasteiger partial charge in [0.25, 0.3) is 0 Å². The predicted octanol–water partition coefficient (Wildman–Crippen LogP) is 1.23. The molecule has 0 aromatic heterocycles. The number of nitrogens with one attached hydrogen (secondary N) is 2. The fourth-order valence-electron chi connectivity index (χ4n) is 3.17. The van der Waals surface area contributed by atoms with E-state index in [9.17, 15) is 9.18 Å². The van der Waals surface area contributed by atoms with Gasteiger partial charge in [0.05, 0.1) is 13.2 Å². The first-order valence-corrected chi connectivity index (χ1v) is 8.47. The molecular weight excluding hydrogens is 309 g/mol. The molecule has 2 heterocycles. The highest BCUT2D eigenvalue weighted by Gasteiger charge is 2.29. The largest absolute Gasteiger partial charge is 0.379 e. The van der Waals surface area contributed by atoms with Crippen LogP contribution in [0.5, 0.6) is 0 Å². The van der Waals surface area contributed by atoms with Crippen molar-refractivity contribution in [1.29, 1.82) is 0 Å². The van der Waals surface area contributed by atoms with Gasteiger partial charge in [-0.3, -0.25) is 9.69 Å². The van der Waals surface area contributed by atoms with Crippen molar-refractivity contribution in [3.8, 4) is 0 Å². The molecule has 5 nitrogen and oxygen atoms in total. The molecular formula is C18H24FN3O2. The van der Waals surface area contributed by atoms with Crippen molar-refractivity contribution in [2.45, 2.75) is 12.5 Å². The Morgan fingerprint density at radius 3 is 2.92 bits per heavy atom. The van der Waals surface area contributed by atoms with Gasteiger partial charge in [-0.25, -0.2) is 4.39 Å². The van der Waals surface area contributed by atoms with Gasteiger partial charge in [0.15, 0.2) is 0 Å². The summed E-state index contributed by atoms with van der Waals surface area (Å²) in [4.78, 5) is 14.9. The third-order valence-corrected chi connectivity index (χ3v) is 4.47. The van der Waals surface area contributed by atoms with Crippen LogP contribution in [0.3, 0.4) is 0 Å². The molecule has 1 amide bonds. The van der Waals surface area contributed by atoms with E-state index in [4.69, 9.17) is 4.74 Å². The fraction of sp³-hybridized carbons (Fsp3) is 0.500. The van der Waals surface area contributed by atoms with Gasteiger partial charge in [0.1, 0.15) is 11.9 Å². The Kier molecular flexibility index (Phi) is 5.96. The quantitative estimate of drug-likeness (QED) is 0.796. The zero-order valence-corrected chi connectivity index (χ0v) is 13.8. The van der Waals surface area contributed by atoms with Crippen LogP contribution in [-0.4, -0.2) is 56.7 Å². The molecule has 1 aromatic carbocycles. The monoisotopic (exact) mass is 333 g/mol. The number of hydrogen-bond acceptors (Lipinski definition) is 4. The van der Waals surface area contributed by atoms with E-state index in [0.29, 0.717) is 38.4 Å². The minimum Gasteiger partial charge on any atom is -0.379 e. The first kappa shape index (κ1) is 17.1. The van der Waals surface area contributed by atoms with Crippen molar-refractivity contribution >= 4 is 5.91 Å². The maximum atomic E-state index is 13.6. The summed E-state index contributed by atoms with van der Waals surface area (Å²) < 4.78 is 19.0. The molecule has 6 heteroatoms. The van der Waals surface area contributed by atoms with Gasteiger partial charge < -0.3 is 15.4 Å². The minimum atomic E-state index is -0.480. The summed E-state index contributed by atoms with van der Waals surface area (Å²) >= 11 is 0. The van der Waals surface area contributed by atoms with Crippen LogP contribution >= 0.6 is 0 Å². The van der Waals surface area contributed by atoms with Crippen molar-refractivity contribution in [2.75, 3.05) is 45.9 Å². The van der Waals surface area contributed by atoms with E-state index in [1.165, 1.54) is 17.7 Å². The van der Waals surface area contributed by atoms with E-state index in [1.54, 1.807) is 6.07 Å². The average Bonchev–Trinajstić information content (AvgIpc) is 2.62. The summed E-state index contributed by atoms with van der Waals surface area (Å²) in [6.45, 7) is 4.87. The second-order valence-electron chi connectivity index (χ2n) is 6.14. The van der Waals surface area contributed by atoms with Crippen LogP contribution in [0.15, 0.2) is 35.9 Å². The van der Waals surface area contributed by atoms with Crippen LogP contribution in [0.25, 0.3) is 0 Å². The number of nitrogens with zero attached hydrogens (tertiary/aromatic N) is 1. The lowest BCUT2D eigenvalue weighted by molar-refractivity contribution is -0.128. The number of benzene rings is 1. The molecule has 2 N–H and O–H groups in total. The lowest BCUT2D eigenvalue weighted by Gasteiger charge is -2.34. The van der Waals surface area contributed by atoms with Gasteiger partial charge >= 0.3 is 0 Å². The van der Waals surface area contributed by atoms with Gasteiger partial charge in [0, 0.05) is 26.2 Å². The maximum absolute atomic E-state index is 13.6. The third kappa shape index (κ3) is 4.41. The van der Waals surface area contributed by atoms with Crippen LogP contribution in [0.2, 0.25) is 0 Å². The molecule has 1 aromatic rings. The van der Waals surface area contributed by atoms with Crippen LogP contribution < -0.4 is 10.6 Å². The van der Waals surface area contributed by atoms with Crippen molar-refractivity contribution in [2.24, 2.45) is 0 Å². The number of carbonyl (C=O) groups is 1. The van der Waals surface area contributed by atoms with E-state index < -0.39 is 6.04 Å². The summed E-state index contributed by atoms with van der Waals surface area (Å²) in [7, 11) is 0. The standard InChI is InChI=1S/C18H24FN3O2/c19-16-3-1-2-15(12-16)17(22-8-10-24-11-9-22)18(23)21-13-14-4-6-20-7-5-14/h1-4,12,17,20H,5-11,13H2,(H,21,23). The molecule has 24 heavy (non-hydrogen) atoms. The number of morpholine rings is 1. The van der Waals surface area contributed by atoms with Gasteiger partial charge in [-0.2, -0.15) is 0 Å². The van der Waals surface area contributed by atoms with Crippen molar-refractivity contribution in [1.82, 2.24) is 15.5 Å². The van der Waals surface area contributed by atoms with Gasteiger partial charge in [0.2, 0.25) is 5.91 Å². The molecule has 1 fully saturated rings. The summed E-state index contributed by atoms with van der Waals surface area (Å²) in [6, 6.07) is 5.83. The van der Waals surface area contributed by atoms with Crippen molar-refractivity contribution in [3.63, 3.8) is 0 Å². The highest BCUT2D eigenvalue weighted by Crippen LogP contribution is 2.23. The summed E-state index contributed by atoms with van der Waals surface area (Å²) in [5.41, 5.74) is 1.93. The highest BCUT2D eigenvalue weighted by atomic mass is 19.1. The molecule has 1 unspecified atom stereocenters. The molecule has 130 valence electrons. The normalized spacial score (nSPS) is 20.3. The highest BCUT2D eigenvalue weighted by molar-refractivity contribution is 5.83. The number of rotatable bonds is 5. The van der Waals surface area contributed by atoms with Crippen LogP contribution in [0, 0.1) is 5.82 Å². The topological polar surface area (TPSA) is 53.6 Å². The SMILES string of the molecule is O=C(NCC1=CCNCC1)C(c1cccc(F)c1)N1CCOCC1. The van der Waals surface area contributed by atoms with E-state index in [-0.39, 0.29) is 11.7 Å². The summed E-state index contributed by atoms with van der Waals surface area (Å²) in [5, 5.41) is 6.28. The number of amides is 1. The number of ether oxygens (including phenoxy) is 1. The zero-order chi connectivity index (χ0) is 16.8. The Labute approximate surface area is 141 Å². The first-order valence-electron chi connectivity index (χ1n) is 8.47. The molecule has 0 aliphatic carbocycles. The van der Waals surface area contributed by atoms with E-state index in [1.807, 2.05) is 6.07 Å². The smallest absolute Gasteiger partial charge is 0.242 e.